The molecule has 0 aliphatic rings. The number of benzene rings is 1. The van der Waals surface area contributed by atoms with Crippen molar-refractivity contribution in [2.75, 3.05) is 5.75 Å². The number of carbonyl (C=O) groups is 1. The topological polar surface area (TPSA) is 66.8 Å². The second-order valence-electron chi connectivity index (χ2n) is 4.82. The minimum absolute atomic E-state index is 0.234. The van der Waals surface area contributed by atoms with Crippen LogP contribution < -0.4 is 5.46 Å². The molecular weight excluding hydrogens is 251 g/mol. The number of ether oxygens (including phenoxy) is 1. The lowest BCUT2D eigenvalue weighted by molar-refractivity contribution is -0.151. The van der Waals surface area contributed by atoms with Crippen LogP contribution in [0, 0.1) is 0 Å². The van der Waals surface area contributed by atoms with Crippen LogP contribution in [0.5, 0.6) is 0 Å². The van der Waals surface area contributed by atoms with Crippen molar-refractivity contribution in [1.29, 1.82) is 0 Å². The van der Waals surface area contributed by atoms with E-state index in [-0.39, 0.29) is 11.7 Å². The molecule has 0 amide bonds. The summed E-state index contributed by atoms with van der Waals surface area (Å²) in [4.78, 5) is 12.4. The molecule has 98 valence electrons. The lowest BCUT2D eigenvalue weighted by Gasteiger charge is -2.19. The van der Waals surface area contributed by atoms with E-state index in [1.165, 1.54) is 11.8 Å². The molecule has 1 aromatic rings. The Balaban J connectivity index is 2.46. The summed E-state index contributed by atoms with van der Waals surface area (Å²) in [6.07, 6.45) is 0. The largest absolute Gasteiger partial charge is 0.488 e. The van der Waals surface area contributed by atoms with E-state index in [2.05, 4.69) is 0 Å². The van der Waals surface area contributed by atoms with Gasteiger partial charge in [0.15, 0.2) is 0 Å². The van der Waals surface area contributed by atoms with Crippen molar-refractivity contribution >= 4 is 30.3 Å². The predicted molar refractivity (Wildman–Crippen MR) is 72.8 cm³/mol. The third-order valence-electron chi connectivity index (χ3n) is 1.95. The highest BCUT2D eigenvalue weighted by Crippen LogP contribution is 2.18. The van der Waals surface area contributed by atoms with Crippen LogP contribution in [-0.4, -0.2) is 34.5 Å². The molecule has 0 fully saturated rings. The molecule has 2 N–H and O–H groups in total. The van der Waals surface area contributed by atoms with Gasteiger partial charge in [-0.15, -0.1) is 11.8 Å². The van der Waals surface area contributed by atoms with Crippen LogP contribution in [0.1, 0.15) is 20.8 Å². The summed E-state index contributed by atoms with van der Waals surface area (Å²) in [5.41, 5.74) is -0.0423. The van der Waals surface area contributed by atoms with Gasteiger partial charge in [-0.3, -0.25) is 4.79 Å². The zero-order valence-corrected chi connectivity index (χ0v) is 11.5. The molecule has 0 unspecified atom stereocenters. The van der Waals surface area contributed by atoms with Gasteiger partial charge >= 0.3 is 13.1 Å². The Labute approximate surface area is 112 Å². The molecule has 1 rings (SSSR count). The zero-order valence-electron chi connectivity index (χ0n) is 10.7. The summed E-state index contributed by atoms with van der Waals surface area (Å²) in [5.74, 6) is -0.0306. The normalized spacial score (nSPS) is 11.2. The van der Waals surface area contributed by atoms with Gasteiger partial charge in [-0.1, -0.05) is 12.1 Å². The molecular formula is C12H17BO4S. The molecule has 0 aromatic heterocycles. The third-order valence-corrected chi connectivity index (χ3v) is 2.94. The van der Waals surface area contributed by atoms with Crippen molar-refractivity contribution in [2.45, 2.75) is 31.3 Å². The van der Waals surface area contributed by atoms with E-state index in [1.807, 2.05) is 20.8 Å². The van der Waals surface area contributed by atoms with Gasteiger partial charge in [0.05, 0.1) is 5.75 Å². The van der Waals surface area contributed by atoms with Gasteiger partial charge in [0.25, 0.3) is 0 Å². The van der Waals surface area contributed by atoms with Crippen molar-refractivity contribution in [2.24, 2.45) is 0 Å². The highest BCUT2D eigenvalue weighted by atomic mass is 32.2. The fraction of sp³-hybridized carbons (Fsp3) is 0.417. The Hall–Kier alpha value is -0.975. The fourth-order valence-corrected chi connectivity index (χ4v) is 1.92. The van der Waals surface area contributed by atoms with Crippen LogP contribution >= 0.6 is 11.8 Å². The van der Waals surface area contributed by atoms with Gasteiger partial charge in [-0.25, -0.2) is 0 Å². The molecule has 0 atom stereocenters. The molecule has 0 bridgehead atoms. The fourth-order valence-electron chi connectivity index (χ4n) is 1.25. The van der Waals surface area contributed by atoms with E-state index in [1.54, 1.807) is 24.3 Å². The van der Waals surface area contributed by atoms with Crippen LogP contribution in [0.25, 0.3) is 0 Å². The maximum atomic E-state index is 11.5. The van der Waals surface area contributed by atoms with Crippen molar-refractivity contribution in [3.05, 3.63) is 24.3 Å². The first-order valence-corrected chi connectivity index (χ1v) is 6.57. The van der Waals surface area contributed by atoms with Gasteiger partial charge in [0.1, 0.15) is 5.60 Å². The van der Waals surface area contributed by atoms with Crippen LogP contribution in [0.4, 0.5) is 0 Å². The van der Waals surface area contributed by atoms with Crippen molar-refractivity contribution in [1.82, 2.24) is 0 Å². The Bertz CT molecular complexity index is 398. The average Bonchev–Trinajstić information content (AvgIpc) is 2.24. The first-order valence-electron chi connectivity index (χ1n) is 5.59. The highest BCUT2D eigenvalue weighted by molar-refractivity contribution is 8.00. The number of hydrogen-bond acceptors (Lipinski definition) is 5. The summed E-state index contributed by atoms with van der Waals surface area (Å²) < 4.78 is 5.18. The molecule has 0 heterocycles. The quantitative estimate of drug-likeness (QED) is 0.480. The minimum atomic E-state index is -1.46. The zero-order chi connectivity index (χ0) is 13.8. The molecule has 0 saturated carbocycles. The van der Waals surface area contributed by atoms with E-state index in [0.717, 1.165) is 4.90 Å². The summed E-state index contributed by atoms with van der Waals surface area (Å²) >= 11 is 1.35. The van der Waals surface area contributed by atoms with E-state index < -0.39 is 12.7 Å². The molecule has 4 nitrogen and oxygen atoms in total. The second kappa shape index (κ2) is 6.27. The van der Waals surface area contributed by atoms with Crippen LogP contribution in [0.15, 0.2) is 29.2 Å². The Morgan fingerprint density at radius 2 is 1.83 bits per heavy atom. The van der Waals surface area contributed by atoms with Crippen molar-refractivity contribution in [3.8, 4) is 0 Å². The maximum Gasteiger partial charge on any atom is 0.488 e. The number of hydrogen-bond donors (Lipinski definition) is 2. The lowest BCUT2D eigenvalue weighted by atomic mass is 9.81. The Kier molecular flexibility index (Phi) is 5.25. The van der Waals surface area contributed by atoms with Crippen LogP contribution in [0.3, 0.4) is 0 Å². The Morgan fingerprint density at radius 3 is 2.28 bits per heavy atom. The van der Waals surface area contributed by atoms with Gasteiger partial charge in [0.2, 0.25) is 0 Å². The van der Waals surface area contributed by atoms with Crippen LogP contribution in [-0.2, 0) is 9.53 Å². The molecule has 6 heteroatoms. The summed E-state index contributed by atoms with van der Waals surface area (Å²) in [7, 11) is -1.46. The molecule has 0 aliphatic heterocycles. The number of esters is 1. The highest BCUT2D eigenvalue weighted by Gasteiger charge is 2.16. The lowest BCUT2D eigenvalue weighted by Crippen LogP contribution is -2.29. The summed E-state index contributed by atoms with van der Waals surface area (Å²) in [6.45, 7) is 5.48. The van der Waals surface area contributed by atoms with E-state index in [0.29, 0.717) is 5.46 Å². The van der Waals surface area contributed by atoms with Gasteiger partial charge in [-0.2, -0.15) is 0 Å². The number of rotatable bonds is 4. The van der Waals surface area contributed by atoms with Gasteiger partial charge in [-0.05, 0) is 38.4 Å². The third kappa shape index (κ3) is 5.57. The second-order valence-corrected chi connectivity index (χ2v) is 5.87. The summed E-state index contributed by atoms with van der Waals surface area (Å²) in [6, 6.07) is 6.71. The molecule has 18 heavy (non-hydrogen) atoms. The average molecular weight is 268 g/mol. The molecule has 0 spiro atoms. The predicted octanol–water partition coefficient (Wildman–Crippen LogP) is 0.800. The molecule has 1 aromatic carbocycles. The number of carbonyl (C=O) groups excluding carboxylic acids is 1. The standard InChI is InChI=1S/C12H17BO4S/c1-12(2,3)17-11(14)8-18-10-6-4-9(5-7-10)13(15)16/h4-7,15-16H,8H2,1-3H3. The molecule has 0 saturated heterocycles. The number of thioether (sulfide) groups is 1. The smallest absolute Gasteiger partial charge is 0.459 e. The summed E-state index contributed by atoms with van der Waals surface area (Å²) in [5, 5.41) is 17.9. The molecule has 0 aliphatic carbocycles. The van der Waals surface area contributed by atoms with E-state index >= 15 is 0 Å². The van der Waals surface area contributed by atoms with E-state index in [4.69, 9.17) is 14.8 Å². The maximum absolute atomic E-state index is 11.5. The monoisotopic (exact) mass is 268 g/mol. The SMILES string of the molecule is CC(C)(C)OC(=O)CSc1ccc(B(O)O)cc1. The molecule has 0 radical (unpaired) electrons. The van der Waals surface area contributed by atoms with Crippen molar-refractivity contribution < 1.29 is 19.6 Å². The van der Waals surface area contributed by atoms with Gasteiger partial charge in [0, 0.05) is 4.90 Å². The first-order chi connectivity index (χ1) is 8.28. The first kappa shape index (κ1) is 15.1. The minimum Gasteiger partial charge on any atom is -0.459 e. The van der Waals surface area contributed by atoms with Crippen molar-refractivity contribution in [3.63, 3.8) is 0 Å². The van der Waals surface area contributed by atoms with Gasteiger partial charge < -0.3 is 14.8 Å². The van der Waals surface area contributed by atoms with E-state index in [9.17, 15) is 4.79 Å². The Morgan fingerprint density at radius 1 is 1.28 bits per heavy atom. The van der Waals surface area contributed by atoms with Crippen LogP contribution in [0.2, 0.25) is 0 Å².